The summed E-state index contributed by atoms with van der Waals surface area (Å²) >= 11 is 0. The molecule has 2 aromatic rings. The Morgan fingerprint density at radius 2 is 2.09 bits per heavy atom. The third-order valence-corrected chi connectivity index (χ3v) is 4.03. The van der Waals surface area contributed by atoms with Gasteiger partial charge < -0.3 is 5.32 Å². The van der Waals surface area contributed by atoms with Crippen molar-refractivity contribution in [3.8, 4) is 6.07 Å². The van der Waals surface area contributed by atoms with Crippen LogP contribution in [-0.4, -0.2) is 4.98 Å². The van der Waals surface area contributed by atoms with Crippen LogP contribution in [0.15, 0.2) is 36.7 Å². The van der Waals surface area contributed by atoms with E-state index in [0.29, 0.717) is 17.7 Å². The standard InChI is InChI=1S/C17H14F3N3/c18-17(19,20)14-5-12(8-22-10-14)9-23-16-4-3-13-2-1-11(7-21)6-15(13)16/h1-2,5-6,8,10,16,23H,3-4,9H2. The van der Waals surface area contributed by atoms with Crippen molar-refractivity contribution < 1.29 is 13.2 Å². The number of alkyl halides is 3. The molecule has 1 heterocycles. The van der Waals surface area contributed by atoms with E-state index in [4.69, 9.17) is 5.26 Å². The quantitative estimate of drug-likeness (QED) is 0.938. The van der Waals surface area contributed by atoms with Crippen LogP contribution in [0.2, 0.25) is 0 Å². The number of aromatic nitrogens is 1. The summed E-state index contributed by atoms with van der Waals surface area (Å²) < 4.78 is 38.1. The van der Waals surface area contributed by atoms with E-state index < -0.39 is 11.7 Å². The van der Waals surface area contributed by atoms with E-state index in [0.717, 1.165) is 30.7 Å². The molecule has 1 aliphatic rings. The van der Waals surface area contributed by atoms with Crippen molar-refractivity contribution >= 4 is 0 Å². The summed E-state index contributed by atoms with van der Waals surface area (Å²) in [5.41, 5.74) is 2.59. The maximum absolute atomic E-state index is 12.7. The fraction of sp³-hybridized carbons (Fsp3) is 0.294. The van der Waals surface area contributed by atoms with E-state index in [1.54, 1.807) is 6.07 Å². The number of rotatable bonds is 3. The van der Waals surface area contributed by atoms with Gasteiger partial charge in [0.25, 0.3) is 0 Å². The number of hydrogen-bond donors (Lipinski definition) is 1. The highest BCUT2D eigenvalue weighted by molar-refractivity contribution is 5.42. The molecule has 1 aliphatic carbocycles. The van der Waals surface area contributed by atoms with Crippen molar-refractivity contribution in [2.24, 2.45) is 0 Å². The molecule has 3 nitrogen and oxygen atoms in total. The molecule has 0 amide bonds. The summed E-state index contributed by atoms with van der Waals surface area (Å²) in [5.74, 6) is 0. The van der Waals surface area contributed by atoms with Crippen molar-refractivity contribution in [1.29, 1.82) is 5.26 Å². The van der Waals surface area contributed by atoms with Gasteiger partial charge >= 0.3 is 6.18 Å². The van der Waals surface area contributed by atoms with Gasteiger partial charge in [0.2, 0.25) is 0 Å². The molecule has 1 aromatic heterocycles. The molecule has 0 spiro atoms. The molecule has 23 heavy (non-hydrogen) atoms. The number of fused-ring (bicyclic) bond motifs is 1. The molecule has 1 N–H and O–H groups in total. The Morgan fingerprint density at radius 3 is 2.83 bits per heavy atom. The van der Waals surface area contributed by atoms with Gasteiger partial charge in [-0.3, -0.25) is 4.98 Å². The Kier molecular flexibility index (Phi) is 4.05. The van der Waals surface area contributed by atoms with Crippen LogP contribution in [0.1, 0.15) is 40.3 Å². The average molecular weight is 317 g/mol. The number of aryl methyl sites for hydroxylation is 1. The number of nitrogens with zero attached hydrogens (tertiary/aromatic N) is 2. The first-order chi connectivity index (χ1) is 11.0. The molecular weight excluding hydrogens is 303 g/mol. The van der Waals surface area contributed by atoms with Gasteiger partial charge in [0.05, 0.1) is 17.2 Å². The van der Waals surface area contributed by atoms with Crippen LogP contribution in [0.5, 0.6) is 0 Å². The highest BCUT2D eigenvalue weighted by Gasteiger charge is 2.31. The topological polar surface area (TPSA) is 48.7 Å². The van der Waals surface area contributed by atoms with Crippen molar-refractivity contribution in [3.05, 3.63) is 64.5 Å². The lowest BCUT2D eigenvalue weighted by molar-refractivity contribution is -0.137. The summed E-state index contributed by atoms with van der Waals surface area (Å²) in [6, 6.07) is 8.86. The molecule has 0 bridgehead atoms. The smallest absolute Gasteiger partial charge is 0.306 e. The van der Waals surface area contributed by atoms with Gasteiger partial charge in [-0.25, -0.2) is 0 Å². The van der Waals surface area contributed by atoms with Crippen molar-refractivity contribution in [2.45, 2.75) is 31.6 Å². The Labute approximate surface area is 131 Å². The number of pyridine rings is 1. The first kappa shape index (κ1) is 15.5. The fourth-order valence-corrected chi connectivity index (χ4v) is 2.86. The Balaban J connectivity index is 1.73. The molecule has 1 aromatic carbocycles. The number of halogens is 3. The Morgan fingerprint density at radius 1 is 1.26 bits per heavy atom. The van der Waals surface area contributed by atoms with Gasteiger partial charge in [0.15, 0.2) is 0 Å². The molecule has 0 radical (unpaired) electrons. The molecule has 6 heteroatoms. The summed E-state index contributed by atoms with van der Waals surface area (Å²) in [4.78, 5) is 3.66. The zero-order chi connectivity index (χ0) is 16.4. The molecule has 0 saturated carbocycles. The maximum atomic E-state index is 12.7. The monoisotopic (exact) mass is 317 g/mol. The Bertz CT molecular complexity index is 762. The van der Waals surface area contributed by atoms with Gasteiger partial charge in [0.1, 0.15) is 0 Å². The zero-order valence-corrected chi connectivity index (χ0v) is 12.2. The summed E-state index contributed by atoms with van der Waals surface area (Å²) in [6.45, 7) is 0.303. The van der Waals surface area contributed by atoms with Crippen molar-refractivity contribution in [2.75, 3.05) is 0 Å². The number of hydrogen-bond acceptors (Lipinski definition) is 3. The second kappa shape index (κ2) is 6.01. The fourth-order valence-electron chi connectivity index (χ4n) is 2.86. The molecule has 0 saturated heterocycles. The van der Waals surface area contributed by atoms with E-state index in [-0.39, 0.29) is 6.04 Å². The van der Waals surface area contributed by atoms with Gasteiger partial charge in [0, 0.05) is 25.0 Å². The normalized spacial score (nSPS) is 16.9. The average Bonchev–Trinajstić information content (AvgIpc) is 2.94. The lowest BCUT2D eigenvalue weighted by Crippen LogP contribution is -2.19. The minimum absolute atomic E-state index is 0.0489. The van der Waals surface area contributed by atoms with E-state index in [9.17, 15) is 13.2 Å². The molecule has 1 atom stereocenters. The van der Waals surface area contributed by atoms with Crippen LogP contribution >= 0.6 is 0 Å². The SMILES string of the molecule is N#Cc1ccc2c(c1)C(NCc1cncc(C(F)(F)F)c1)CC2. The summed E-state index contributed by atoms with van der Waals surface area (Å²) in [6.07, 6.45) is -0.349. The van der Waals surface area contributed by atoms with Gasteiger partial charge in [-0.2, -0.15) is 18.4 Å². The largest absolute Gasteiger partial charge is 0.417 e. The van der Waals surface area contributed by atoms with Crippen LogP contribution in [0.3, 0.4) is 0 Å². The minimum Gasteiger partial charge on any atom is -0.306 e. The van der Waals surface area contributed by atoms with Crippen LogP contribution in [0, 0.1) is 11.3 Å². The van der Waals surface area contributed by atoms with Gasteiger partial charge in [-0.1, -0.05) is 6.07 Å². The second-order valence-electron chi connectivity index (χ2n) is 5.58. The van der Waals surface area contributed by atoms with E-state index >= 15 is 0 Å². The molecule has 118 valence electrons. The minimum atomic E-state index is -4.38. The van der Waals surface area contributed by atoms with Gasteiger partial charge in [-0.05, 0) is 47.7 Å². The lowest BCUT2D eigenvalue weighted by atomic mass is 10.0. The van der Waals surface area contributed by atoms with Crippen molar-refractivity contribution in [3.63, 3.8) is 0 Å². The first-order valence-corrected chi connectivity index (χ1v) is 7.25. The number of benzene rings is 1. The lowest BCUT2D eigenvalue weighted by Gasteiger charge is -2.15. The molecular formula is C17H14F3N3. The highest BCUT2D eigenvalue weighted by Crippen LogP contribution is 2.32. The predicted octanol–water partition coefficient (Wildman–Crippen LogP) is 3.75. The maximum Gasteiger partial charge on any atom is 0.417 e. The van der Waals surface area contributed by atoms with E-state index in [2.05, 4.69) is 16.4 Å². The number of nitrogens with one attached hydrogen (secondary N) is 1. The molecule has 0 aliphatic heterocycles. The van der Waals surface area contributed by atoms with Gasteiger partial charge in [-0.15, -0.1) is 0 Å². The summed E-state index contributed by atoms with van der Waals surface area (Å²) in [5, 5.41) is 12.3. The highest BCUT2D eigenvalue weighted by atomic mass is 19.4. The zero-order valence-electron chi connectivity index (χ0n) is 12.2. The molecule has 3 rings (SSSR count). The van der Waals surface area contributed by atoms with Crippen LogP contribution in [0.4, 0.5) is 13.2 Å². The van der Waals surface area contributed by atoms with Crippen LogP contribution < -0.4 is 5.32 Å². The molecule has 0 fully saturated rings. The van der Waals surface area contributed by atoms with Crippen LogP contribution in [-0.2, 0) is 19.1 Å². The Hall–Kier alpha value is -2.39. The third kappa shape index (κ3) is 3.35. The van der Waals surface area contributed by atoms with E-state index in [1.165, 1.54) is 11.8 Å². The van der Waals surface area contributed by atoms with E-state index in [1.807, 2.05) is 12.1 Å². The van der Waals surface area contributed by atoms with Crippen LogP contribution in [0.25, 0.3) is 0 Å². The molecule has 1 unspecified atom stereocenters. The third-order valence-electron chi connectivity index (χ3n) is 4.03. The predicted molar refractivity (Wildman–Crippen MR) is 78.3 cm³/mol. The number of nitriles is 1. The van der Waals surface area contributed by atoms with Crippen molar-refractivity contribution in [1.82, 2.24) is 10.3 Å². The summed E-state index contributed by atoms with van der Waals surface area (Å²) in [7, 11) is 0. The second-order valence-corrected chi connectivity index (χ2v) is 5.58. The first-order valence-electron chi connectivity index (χ1n) is 7.25.